The van der Waals surface area contributed by atoms with Gasteiger partial charge in [-0.25, -0.2) is 0 Å². The van der Waals surface area contributed by atoms with Crippen LogP contribution in [-0.2, 0) is 0 Å². The maximum absolute atomic E-state index is 3.26. The highest BCUT2D eigenvalue weighted by molar-refractivity contribution is 5.46. The SMILES string of the molecule is CNCCC1CN(c2ccccc2)CC(C)N1C. The first-order valence-corrected chi connectivity index (χ1v) is 6.89. The summed E-state index contributed by atoms with van der Waals surface area (Å²) in [6, 6.07) is 12.0. The molecule has 0 aromatic heterocycles. The normalized spacial score (nSPS) is 25.4. The topological polar surface area (TPSA) is 18.5 Å². The lowest BCUT2D eigenvalue weighted by Crippen LogP contribution is -2.56. The summed E-state index contributed by atoms with van der Waals surface area (Å²) in [6.45, 7) is 5.66. The predicted molar refractivity (Wildman–Crippen MR) is 78.2 cm³/mol. The fourth-order valence-corrected chi connectivity index (χ4v) is 2.72. The molecule has 0 saturated carbocycles. The summed E-state index contributed by atoms with van der Waals surface area (Å²) in [5.74, 6) is 0. The Morgan fingerprint density at radius 1 is 1.22 bits per heavy atom. The molecule has 1 heterocycles. The van der Waals surface area contributed by atoms with Crippen molar-refractivity contribution in [2.45, 2.75) is 25.4 Å². The third kappa shape index (κ3) is 3.03. The zero-order valence-corrected chi connectivity index (χ0v) is 11.8. The standard InChI is InChI=1S/C15H25N3/c1-13-11-18(14-7-5-4-6-8-14)12-15(17(13)3)9-10-16-2/h4-8,13,15-16H,9-12H2,1-3H3. The molecule has 3 nitrogen and oxygen atoms in total. The number of likely N-dealkylation sites (N-methyl/N-ethyl adjacent to an activating group) is 1. The van der Waals surface area contributed by atoms with Gasteiger partial charge in [-0.1, -0.05) is 18.2 Å². The van der Waals surface area contributed by atoms with Gasteiger partial charge in [0.15, 0.2) is 0 Å². The van der Waals surface area contributed by atoms with Gasteiger partial charge >= 0.3 is 0 Å². The maximum Gasteiger partial charge on any atom is 0.0367 e. The molecule has 0 amide bonds. The van der Waals surface area contributed by atoms with Crippen LogP contribution in [0.4, 0.5) is 5.69 Å². The van der Waals surface area contributed by atoms with Gasteiger partial charge in [0.2, 0.25) is 0 Å². The number of hydrogen-bond acceptors (Lipinski definition) is 3. The Morgan fingerprint density at radius 2 is 1.94 bits per heavy atom. The molecule has 0 radical (unpaired) electrons. The monoisotopic (exact) mass is 247 g/mol. The number of nitrogens with one attached hydrogen (secondary N) is 1. The van der Waals surface area contributed by atoms with Crippen LogP contribution in [0.25, 0.3) is 0 Å². The highest BCUT2D eigenvalue weighted by Gasteiger charge is 2.28. The van der Waals surface area contributed by atoms with Crippen molar-refractivity contribution in [3.8, 4) is 0 Å². The Morgan fingerprint density at radius 3 is 2.61 bits per heavy atom. The fourth-order valence-electron chi connectivity index (χ4n) is 2.72. The molecule has 1 N–H and O–H groups in total. The van der Waals surface area contributed by atoms with Gasteiger partial charge in [-0.3, -0.25) is 4.90 Å². The van der Waals surface area contributed by atoms with Crippen molar-refractivity contribution >= 4 is 5.69 Å². The Kier molecular flexibility index (Phi) is 4.61. The lowest BCUT2D eigenvalue weighted by Gasteiger charge is -2.45. The number of anilines is 1. The molecule has 0 bridgehead atoms. The molecule has 1 aliphatic heterocycles. The summed E-state index contributed by atoms with van der Waals surface area (Å²) in [5, 5.41) is 3.26. The quantitative estimate of drug-likeness (QED) is 0.875. The van der Waals surface area contributed by atoms with Crippen molar-refractivity contribution in [1.29, 1.82) is 0 Å². The Labute approximate surface area is 111 Å². The van der Waals surface area contributed by atoms with Crippen LogP contribution in [0.5, 0.6) is 0 Å². The van der Waals surface area contributed by atoms with Crippen LogP contribution >= 0.6 is 0 Å². The minimum atomic E-state index is 0.612. The van der Waals surface area contributed by atoms with Crippen molar-refractivity contribution in [1.82, 2.24) is 10.2 Å². The molecular weight excluding hydrogens is 222 g/mol. The van der Waals surface area contributed by atoms with Gasteiger partial charge in [0, 0.05) is 30.9 Å². The van der Waals surface area contributed by atoms with Crippen LogP contribution in [0.1, 0.15) is 13.3 Å². The zero-order chi connectivity index (χ0) is 13.0. The number of rotatable bonds is 4. The maximum atomic E-state index is 3.26. The number of piperazine rings is 1. The van der Waals surface area contributed by atoms with E-state index < -0.39 is 0 Å². The van der Waals surface area contributed by atoms with Crippen LogP contribution in [0, 0.1) is 0 Å². The molecule has 100 valence electrons. The molecule has 1 aromatic carbocycles. The number of hydrogen-bond donors (Lipinski definition) is 1. The van der Waals surface area contributed by atoms with Gasteiger partial charge in [0.05, 0.1) is 0 Å². The Bertz CT molecular complexity index is 352. The van der Waals surface area contributed by atoms with Crippen LogP contribution < -0.4 is 10.2 Å². The van der Waals surface area contributed by atoms with E-state index in [1.807, 2.05) is 7.05 Å². The van der Waals surface area contributed by atoms with Crippen molar-refractivity contribution in [3.05, 3.63) is 30.3 Å². The summed E-state index contributed by atoms with van der Waals surface area (Å²) in [5.41, 5.74) is 1.35. The Balaban J connectivity index is 2.05. The highest BCUT2D eigenvalue weighted by atomic mass is 15.3. The molecule has 1 aromatic rings. The largest absolute Gasteiger partial charge is 0.368 e. The van der Waals surface area contributed by atoms with Crippen molar-refractivity contribution in [3.63, 3.8) is 0 Å². The highest BCUT2D eigenvalue weighted by Crippen LogP contribution is 2.22. The lowest BCUT2D eigenvalue weighted by molar-refractivity contribution is 0.150. The van der Waals surface area contributed by atoms with E-state index in [0.29, 0.717) is 12.1 Å². The summed E-state index contributed by atoms with van der Waals surface area (Å²) in [4.78, 5) is 5.04. The van der Waals surface area contributed by atoms with Gasteiger partial charge in [0.1, 0.15) is 0 Å². The minimum absolute atomic E-state index is 0.612. The average molecular weight is 247 g/mol. The molecule has 1 fully saturated rings. The van der Waals surface area contributed by atoms with Crippen LogP contribution in [0.15, 0.2) is 30.3 Å². The molecule has 2 unspecified atom stereocenters. The molecule has 1 aliphatic rings. The van der Waals surface area contributed by atoms with E-state index in [1.54, 1.807) is 0 Å². The first-order chi connectivity index (χ1) is 8.72. The molecule has 2 atom stereocenters. The van der Waals surface area contributed by atoms with E-state index in [-0.39, 0.29) is 0 Å². The Hall–Kier alpha value is -1.06. The summed E-state index contributed by atoms with van der Waals surface area (Å²) < 4.78 is 0. The van der Waals surface area contributed by atoms with E-state index in [2.05, 4.69) is 59.4 Å². The second-order valence-corrected chi connectivity index (χ2v) is 5.30. The number of nitrogens with zero attached hydrogens (tertiary/aromatic N) is 2. The van der Waals surface area contributed by atoms with Crippen LogP contribution in [0.3, 0.4) is 0 Å². The second kappa shape index (κ2) is 6.21. The first-order valence-electron chi connectivity index (χ1n) is 6.89. The summed E-state index contributed by atoms with van der Waals surface area (Å²) in [6.07, 6.45) is 1.21. The number of para-hydroxylation sites is 1. The van der Waals surface area contributed by atoms with Gasteiger partial charge in [0.25, 0.3) is 0 Å². The van der Waals surface area contributed by atoms with E-state index in [9.17, 15) is 0 Å². The predicted octanol–water partition coefficient (Wildman–Crippen LogP) is 1.80. The second-order valence-electron chi connectivity index (χ2n) is 5.30. The summed E-state index contributed by atoms with van der Waals surface area (Å²) in [7, 11) is 4.29. The van der Waals surface area contributed by atoms with Gasteiger partial charge in [-0.2, -0.15) is 0 Å². The molecule has 18 heavy (non-hydrogen) atoms. The van der Waals surface area contributed by atoms with E-state index >= 15 is 0 Å². The molecule has 0 spiro atoms. The van der Waals surface area contributed by atoms with Gasteiger partial charge in [-0.15, -0.1) is 0 Å². The first kappa shape index (κ1) is 13.4. The minimum Gasteiger partial charge on any atom is -0.368 e. The molecule has 2 rings (SSSR count). The third-order valence-electron chi connectivity index (χ3n) is 4.04. The van der Waals surface area contributed by atoms with E-state index in [1.165, 1.54) is 12.1 Å². The number of benzene rings is 1. The van der Waals surface area contributed by atoms with Crippen molar-refractivity contribution < 1.29 is 0 Å². The average Bonchev–Trinajstić information content (AvgIpc) is 2.41. The summed E-state index contributed by atoms with van der Waals surface area (Å²) >= 11 is 0. The van der Waals surface area contributed by atoms with Crippen LogP contribution in [0.2, 0.25) is 0 Å². The van der Waals surface area contributed by atoms with E-state index in [4.69, 9.17) is 0 Å². The third-order valence-corrected chi connectivity index (χ3v) is 4.04. The molecule has 3 heteroatoms. The van der Waals surface area contributed by atoms with Gasteiger partial charge in [-0.05, 0) is 46.1 Å². The molecule has 1 saturated heterocycles. The van der Waals surface area contributed by atoms with Crippen molar-refractivity contribution in [2.24, 2.45) is 0 Å². The molecular formula is C15H25N3. The zero-order valence-electron chi connectivity index (χ0n) is 11.8. The molecule has 0 aliphatic carbocycles. The van der Waals surface area contributed by atoms with Crippen molar-refractivity contribution in [2.75, 3.05) is 38.6 Å². The fraction of sp³-hybridized carbons (Fsp3) is 0.600. The van der Waals surface area contributed by atoms with Crippen LogP contribution in [-0.4, -0.2) is 50.7 Å². The lowest BCUT2D eigenvalue weighted by atomic mass is 10.0. The smallest absolute Gasteiger partial charge is 0.0367 e. The van der Waals surface area contributed by atoms with E-state index in [0.717, 1.165) is 19.6 Å². The van der Waals surface area contributed by atoms with Gasteiger partial charge < -0.3 is 10.2 Å².